The van der Waals surface area contributed by atoms with Gasteiger partial charge < -0.3 is 10.6 Å². The van der Waals surface area contributed by atoms with Crippen LogP contribution in [0.1, 0.15) is 17.3 Å². The highest BCUT2D eigenvalue weighted by molar-refractivity contribution is 6.45. The van der Waals surface area contributed by atoms with Crippen molar-refractivity contribution in [2.45, 2.75) is 17.9 Å². The van der Waals surface area contributed by atoms with Gasteiger partial charge in [0.25, 0.3) is 5.91 Å². The summed E-state index contributed by atoms with van der Waals surface area (Å²) in [6.07, 6.45) is -0.853. The van der Waals surface area contributed by atoms with Gasteiger partial charge in [-0.05, 0) is 24.3 Å². The zero-order chi connectivity index (χ0) is 13.7. The first-order valence-electron chi connectivity index (χ1n) is 5.02. The van der Waals surface area contributed by atoms with Gasteiger partial charge in [-0.1, -0.05) is 11.6 Å². The maximum Gasteiger partial charge on any atom is 0.252 e. The van der Waals surface area contributed by atoms with Crippen molar-refractivity contribution in [3.05, 3.63) is 34.9 Å². The molecular weight excluding hydrogens is 298 g/mol. The third kappa shape index (κ3) is 4.72. The highest BCUT2D eigenvalue weighted by atomic mass is 35.5. The average Bonchev–Trinajstić information content (AvgIpc) is 2.28. The number of nitrogens with one attached hydrogen (secondary N) is 2. The van der Waals surface area contributed by atoms with Crippen LogP contribution in [0.15, 0.2) is 24.3 Å². The van der Waals surface area contributed by atoms with Gasteiger partial charge in [0.1, 0.15) is 11.0 Å². The van der Waals surface area contributed by atoms with Crippen molar-refractivity contribution in [3.63, 3.8) is 0 Å². The lowest BCUT2D eigenvalue weighted by molar-refractivity contribution is -0.119. The lowest BCUT2D eigenvalue weighted by Gasteiger charge is -2.20. The van der Waals surface area contributed by atoms with E-state index in [0.717, 1.165) is 0 Å². The number of benzene rings is 1. The predicted octanol–water partition coefficient (Wildman–Crippen LogP) is 2.34. The predicted molar refractivity (Wildman–Crippen MR) is 72.0 cm³/mol. The highest BCUT2D eigenvalue weighted by Gasteiger charge is 2.20. The minimum absolute atomic E-state index is 0.345. The molecule has 0 saturated carbocycles. The number of hydrogen-bond acceptors (Lipinski definition) is 2. The molecule has 1 atom stereocenters. The Morgan fingerprint density at radius 1 is 1.11 bits per heavy atom. The summed E-state index contributed by atoms with van der Waals surface area (Å²) in [5, 5.41) is 5.46. The largest absolute Gasteiger partial charge is 0.334 e. The molecule has 4 nitrogen and oxygen atoms in total. The molecule has 0 aliphatic heterocycles. The fraction of sp³-hybridized carbons (Fsp3) is 0.273. The van der Waals surface area contributed by atoms with Crippen LogP contribution in [0.25, 0.3) is 0 Å². The first-order chi connectivity index (χ1) is 8.40. The van der Waals surface area contributed by atoms with Crippen LogP contribution in [-0.4, -0.2) is 22.8 Å². The zero-order valence-electron chi connectivity index (χ0n) is 9.41. The molecule has 0 aromatic heterocycles. The van der Waals surface area contributed by atoms with E-state index in [0.29, 0.717) is 10.6 Å². The van der Waals surface area contributed by atoms with Gasteiger partial charge in [0.05, 0.1) is 0 Å². The van der Waals surface area contributed by atoms with E-state index >= 15 is 0 Å². The maximum atomic E-state index is 11.8. The Bertz CT molecular complexity index is 434. The van der Waals surface area contributed by atoms with E-state index in [-0.39, 0.29) is 5.91 Å². The standard InChI is InChI=1S/C11H11Cl3N2O2/c1-6(17)15-10(9(13)14)16-11(18)7-2-4-8(12)5-3-7/h2-5,9-10H,1H3,(H,15,17)(H,16,18)/t10-/m0/s1. The van der Waals surface area contributed by atoms with Gasteiger partial charge in [-0.25, -0.2) is 0 Å². The van der Waals surface area contributed by atoms with Gasteiger partial charge >= 0.3 is 0 Å². The fourth-order valence-corrected chi connectivity index (χ4v) is 1.58. The van der Waals surface area contributed by atoms with Crippen LogP contribution in [0.5, 0.6) is 0 Å². The second-order valence-electron chi connectivity index (χ2n) is 3.49. The molecule has 0 aliphatic rings. The Morgan fingerprint density at radius 3 is 2.11 bits per heavy atom. The zero-order valence-corrected chi connectivity index (χ0v) is 11.7. The highest BCUT2D eigenvalue weighted by Crippen LogP contribution is 2.11. The van der Waals surface area contributed by atoms with Gasteiger partial charge in [0.15, 0.2) is 0 Å². The van der Waals surface area contributed by atoms with Crippen molar-refractivity contribution in [2.75, 3.05) is 0 Å². The molecule has 98 valence electrons. The summed E-state index contributed by atoms with van der Waals surface area (Å²) in [6.45, 7) is 1.30. The Morgan fingerprint density at radius 2 is 1.67 bits per heavy atom. The summed E-state index contributed by atoms with van der Waals surface area (Å²) in [5.74, 6) is -0.751. The summed E-state index contributed by atoms with van der Waals surface area (Å²) in [7, 11) is 0. The van der Waals surface area contributed by atoms with Crippen LogP contribution in [0.3, 0.4) is 0 Å². The summed E-state index contributed by atoms with van der Waals surface area (Å²) in [5.41, 5.74) is 0.392. The fourth-order valence-electron chi connectivity index (χ4n) is 1.21. The normalized spacial score (nSPS) is 12.1. The molecule has 0 radical (unpaired) electrons. The molecule has 0 fully saturated rings. The molecule has 1 rings (SSSR count). The summed E-state index contributed by atoms with van der Waals surface area (Å²) in [6, 6.07) is 6.28. The SMILES string of the molecule is CC(=O)N[C@@H](NC(=O)c1ccc(Cl)cc1)C(Cl)Cl. The van der Waals surface area contributed by atoms with Crippen molar-refractivity contribution >= 4 is 46.6 Å². The lowest BCUT2D eigenvalue weighted by atomic mass is 10.2. The summed E-state index contributed by atoms with van der Waals surface area (Å²) in [4.78, 5) is 21.8. The molecule has 18 heavy (non-hydrogen) atoms. The van der Waals surface area contributed by atoms with E-state index < -0.39 is 16.9 Å². The third-order valence-corrected chi connectivity index (χ3v) is 2.76. The van der Waals surface area contributed by atoms with E-state index in [1.165, 1.54) is 6.92 Å². The van der Waals surface area contributed by atoms with Crippen LogP contribution in [0.2, 0.25) is 5.02 Å². The van der Waals surface area contributed by atoms with Gasteiger partial charge in [-0.15, -0.1) is 23.2 Å². The first kappa shape index (κ1) is 15.1. The first-order valence-corrected chi connectivity index (χ1v) is 6.27. The average molecular weight is 310 g/mol. The molecule has 0 spiro atoms. The third-order valence-electron chi connectivity index (χ3n) is 2.00. The number of halogens is 3. The number of carbonyl (C=O) groups is 2. The molecule has 7 heteroatoms. The number of alkyl halides is 2. The Balaban J connectivity index is 2.72. The quantitative estimate of drug-likeness (QED) is 0.662. The number of amides is 2. The van der Waals surface area contributed by atoms with Crippen LogP contribution < -0.4 is 10.6 Å². The second kappa shape index (κ2) is 6.83. The number of hydrogen-bond donors (Lipinski definition) is 2. The molecule has 0 aliphatic carbocycles. The van der Waals surface area contributed by atoms with Gasteiger partial charge in [0.2, 0.25) is 5.91 Å². The monoisotopic (exact) mass is 308 g/mol. The maximum absolute atomic E-state index is 11.8. The van der Waals surface area contributed by atoms with Crippen molar-refractivity contribution in [1.29, 1.82) is 0 Å². The second-order valence-corrected chi connectivity index (χ2v) is 5.09. The summed E-state index contributed by atoms with van der Waals surface area (Å²) < 4.78 is 0. The molecule has 0 saturated heterocycles. The van der Waals surface area contributed by atoms with E-state index in [2.05, 4.69) is 10.6 Å². The summed E-state index contributed by atoms with van der Waals surface area (Å²) >= 11 is 17.0. The van der Waals surface area contributed by atoms with Crippen LogP contribution in [0.4, 0.5) is 0 Å². The molecule has 1 aromatic rings. The van der Waals surface area contributed by atoms with E-state index in [1.54, 1.807) is 24.3 Å². The Labute approximate surface area is 120 Å². The van der Waals surface area contributed by atoms with Gasteiger partial charge in [-0.3, -0.25) is 9.59 Å². The smallest absolute Gasteiger partial charge is 0.252 e. The van der Waals surface area contributed by atoms with E-state index in [4.69, 9.17) is 34.8 Å². The van der Waals surface area contributed by atoms with Crippen molar-refractivity contribution < 1.29 is 9.59 Å². The minimum atomic E-state index is -0.954. The Hall–Kier alpha value is -0.970. The minimum Gasteiger partial charge on any atom is -0.334 e. The number of carbonyl (C=O) groups excluding carboxylic acids is 2. The van der Waals surface area contributed by atoms with Gasteiger partial charge in [-0.2, -0.15) is 0 Å². The lowest BCUT2D eigenvalue weighted by Crippen LogP contribution is -2.51. The molecule has 0 unspecified atom stereocenters. The molecule has 2 N–H and O–H groups in total. The van der Waals surface area contributed by atoms with E-state index in [9.17, 15) is 9.59 Å². The van der Waals surface area contributed by atoms with Crippen molar-refractivity contribution in [1.82, 2.24) is 10.6 Å². The van der Waals surface area contributed by atoms with Crippen molar-refractivity contribution in [2.24, 2.45) is 0 Å². The molecule has 0 bridgehead atoms. The van der Waals surface area contributed by atoms with Crippen LogP contribution >= 0.6 is 34.8 Å². The van der Waals surface area contributed by atoms with Crippen LogP contribution in [0, 0.1) is 0 Å². The van der Waals surface area contributed by atoms with Crippen molar-refractivity contribution in [3.8, 4) is 0 Å². The van der Waals surface area contributed by atoms with Gasteiger partial charge in [0, 0.05) is 17.5 Å². The Kier molecular flexibility index (Phi) is 5.72. The molecular formula is C11H11Cl3N2O2. The topological polar surface area (TPSA) is 58.2 Å². The molecule has 1 aromatic carbocycles. The molecule has 2 amide bonds. The molecule has 0 heterocycles. The van der Waals surface area contributed by atoms with E-state index in [1.807, 2.05) is 0 Å². The number of rotatable bonds is 4. The van der Waals surface area contributed by atoms with Crippen LogP contribution in [-0.2, 0) is 4.79 Å².